The third-order valence-electron chi connectivity index (χ3n) is 5.91. The lowest BCUT2D eigenvalue weighted by Crippen LogP contribution is -2.42. The van der Waals surface area contributed by atoms with Crippen LogP contribution in [0.1, 0.15) is 29.3 Å². The van der Waals surface area contributed by atoms with Crippen molar-refractivity contribution in [2.45, 2.75) is 25.4 Å². The van der Waals surface area contributed by atoms with Gasteiger partial charge in [-0.05, 0) is 55.1 Å². The van der Waals surface area contributed by atoms with E-state index in [1.807, 2.05) is 30.1 Å². The summed E-state index contributed by atoms with van der Waals surface area (Å²) in [5.74, 6) is 3.33. The zero-order valence-corrected chi connectivity index (χ0v) is 22.2. The SMILES string of the molecule is CN=C(NCc1ccc(N2CCSCC2)cc1)NCC(c1cccs1)N1CCCC1.I. The second-order valence-corrected chi connectivity index (χ2v) is 10.1. The van der Waals surface area contributed by atoms with E-state index >= 15 is 0 Å². The van der Waals surface area contributed by atoms with Gasteiger partial charge in [0.15, 0.2) is 5.96 Å². The molecule has 5 nitrogen and oxygen atoms in total. The number of nitrogens with zero attached hydrogens (tertiary/aromatic N) is 3. The van der Waals surface area contributed by atoms with Crippen molar-refractivity contribution in [2.75, 3.05) is 56.2 Å². The number of nitrogens with one attached hydrogen (secondary N) is 2. The Morgan fingerprint density at radius 2 is 1.77 bits per heavy atom. The molecular weight excluding hydrogens is 537 g/mol. The number of rotatable bonds is 7. The molecule has 0 saturated carbocycles. The van der Waals surface area contributed by atoms with E-state index in [4.69, 9.17) is 0 Å². The summed E-state index contributed by atoms with van der Waals surface area (Å²) in [6.45, 7) is 6.36. The van der Waals surface area contributed by atoms with Crippen LogP contribution in [-0.4, -0.2) is 62.1 Å². The average Bonchev–Trinajstić information content (AvgIpc) is 3.52. The first kappa shape index (κ1) is 24.7. The second-order valence-electron chi connectivity index (χ2n) is 7.85. The van der Waals surface area contributed by atoms with Crippen LogP contribution in [0.4, 0.5) is 5.69 Å². The minimum atomic E-state index is 0. The van der Waals surface area contributed by atoms with Gasteiger partial charge in [-0.15, -0.1) is 35.3 Å². The molecule has 2 aromatic rings. The van der Waals surface area contributed by atoms with Gasteiger partial charge in [0.05, 0.1) is 6.04 Å². The number of hydrogen-bond acceptors (Lipinski definition) is 5. The van der Waals surface area contributed by atoms with Crippen LogP contribution in [0, 0.1) is 0 Å². The molecule has 2 aliphatic rings. The summed E-state index contributed by atoms with van der Waals surface area (Å²) in [7, 11) is 1.85. The van der Waals surface area contributed by atoms with Gasteiger partial charge in [0.2, 0.25) is 0 Å². The Bertz CT molecular complexity index is 785. The Morgan fingerprint density at radius 1 is 1.03 bits per heavy atom. The topological polar surface area (TPSA) is 42.9 Å². The number of halogens is 1. The summed E-state index contributed by atoms with van der Waals surface area (Å²) in [6.07, 6.45) is 2.61. The predicted octanol–water partition coefficient (Wildman–Crippen LogP) is 4.42. The van der Waals surface area contributed by atoms with Gasteiger partial charge in [0.1, 0.15) is 0 Å². The highest BCUT2D eigenvalue weighted by atomic mass is 127. The van der Waals surface area contributed by atoms with E-state index in [9.17, 15) is 0 Å². The zero-order chi connectivity index (χ0) is 20.6. The summed E-state index contributed by atoms with van der Waals surface area (Å²) in [5, 5.41) is 9.22. The van der Waals surface area contributed by atoms with Crippen molar-refractivity contribution < 1.29 is 0 Å². The highest BCUT2D eigenvalue weighted by molar-refractivity contribution is 14.0. The summed E-state index contributed by atoms with van der Waals surface area (Å²) in [4.78, 5) is 11.0. The Labute approximate surface area is 212 Å². The van der Waals surface area contributed by atoms with Gasteiger partial charge in [0, 0.05) is 55.3 Å². The van der Waals surface area contributed by atoms with Crippen LogP contribution in [0.2, 0.25) is 0 Å². The molecule has 1 atom stereocenters. The number of benzene rings is 1. The Balaban J connectivity index is 0.00000272. The van der Waals surface area contributed by atoms with Crippen LogP contribution in [-0.2, 0) is 6.54 Å². The number of hydrogen-bond donors (Lipinski definition) is 2. The van der Waals surface area contributed by atoms with Gasteiger partial charge in [-0.2, -0.15) is 11.8 Å². The molecule has 1 aromatic carbocycles. The van der Waals surface area contributed by atoms with Crippen molar-refractivity contribution in [3.63, 3.8) is 0 Å². The fraction of sp³-hybridized carbons (Fsp3) is 0.522. The molecule has 3 heterocycles. The molecule has 2 saturated heterocycles. The molecule has 0 amide bonds. The van der Waals surface area contributed by atoms with E-state index in [1.54, 1.807) is 0 Å². The van der Waals surface area contributed by atoms with E-state index in [0.717, 1.165) is 32.1 Å². The van der Waals surface area contributed by atoms with Crippen molar-refractivity contribution in [3.05, 3.63) is 52.2 Å². The molecule has 1 aromatic heterocycles. The monoisotopic (exact) mass is 571 g/mol. The molecule has 1 unspecified atom stereocenters. The molecule has 0 spiro atoms. The van der Waals surface area contributed by atoms with Gasteiger partial charge >= 0.3 is 0 Å². The standard InChI is InChI=1S/C23H33N5S2.HI/c1-24-23(26-18-21(22-5-4-14-30-22)28-10-2-3-11-28)25-17-19-6-8-20(9-7-19)27-12-15-29-16-13-27;/h4-9,14,21H,2-3,10-13,15-18H2,1H3,(H2,24,25,26);1H. The molecule has 2 aliphatic heterocycles. The maximum absolute atomic E-state index is 4.44. The lowest BCUT2D eigenvalue weighted by Gasteiger charge is -2.28. The first-order chi connectivity index (χ1) is 14.8. The normalized spacial score (nSPS) is 18.5. The van der Waals surface area contributed by atoms with Crippen molar-refractivity contribution in [1.29, 1.82) is 0 Å². The molecule has 0 aliphatic carbocycles. The molecule has 2 fully saturated rings. The van der Waals surface area contributed by atoms with E-state index < -0.39 is 0 Å². The lowest BCUT2D eigenvalue weighted by atomic mass is 10.2. The summed E-state index contributed by atoms with van der Waals surface area (Å²) >= 11 is 3.90. The minimum Gasteiger partial charge on any atom is -0.370 e. The number of likely N-dealkylation sites (tertiary alicyclic amines) is 1. The zero-order valence-electron chi connectivity index (χ0n) is 18.3. The number of guanidine groups is 1. The Morgan fingerprint density at radius 3 is 2.42 bits per heavy atom. The molecule has 4 rings (SSSR count). The largest absolute Gasteiger partial charge is 0.370 e. The fourth-order valence-corrected chi connectivity index (χ4v) is 5.95. The van der Waals surface area contributed by atoms with Crippen LogP contribution in [0.5, 0.6) is 0 Å². The van der Waals surface area contributed by atoms with Gasteiger partial charge in [-0.3, -0.25) is 9.89 Å². The van der Waals surface area contributed by atoms with Gasteiger partial charge < -0.3 is 15.5 Å². The van der Waals surface area contributed by atoms with E-state index in [-0.39, 0.29) is 24.0 Å². The van der Waals surface area contributed by atoms with E-state index in [1.165, 1.54) is 53.6 Å². The summed E-state index contributed by atoms with van der Waals surface area (Å²) in [5.41, 5.74) is 2.62. The van der Waals surface area contributed by atoms with Crippen LogP contribution in [0.15, 0.2) is 46.8 Å². The lowest BCUT2D eigenvalue weighted by molar-refractivity contribution is 0.249. The second kappa shape index (κ2) is 12.9. The number of anilines is 1. The molecule has 170 valence electrons. The molecule has 0 bridgehead atoms. The van der Waals surface area contributed by atoms with Gasteiger partial charge in [-0.25, -0.2) is 0 Å². The van der Waals surface area contributed by atoms with Crippen molar-refractivity contribution in [1.82, 2.24) is 15.5 Å². The Kier molecular flexibility index (Phi) is 10.3. The predicted molar refractivity (Wildman–Crippen MR) is 147 cm³/mol. The van der Waals surface area contributed by atoms with E-state index in [0.29, 0.717) is 6.04 Å². The van der Waals surface area contributed by atoms with Gasteiger partial charge in [-0.1, -0.05) is 18.2 Å². The molecule has 31 heavy (non-hydrogen) atoms. The van der Waals surface area contributed by atoms with Crippen molar-refractivity contribution in [2.24, 2.45) is 4.99 Å². The fourth-order valence-electron chi connectivity index (χ4n) is 4.19. The van der Waals surface area contributed by atoms with E-state index in [2.05, 4.69) is 67.2 Å². The van der Waals surface area contributed by atoms with Gasteiger partial charge in [0.25, 0.3) is 0 Å². The maximum Gasteiger partial charge on any atom is 0.191 e. The summed E-state index contributed by atoms with van der Waals surface area (Å²) in [6, 6.07) is 13.8. The number of aliphatic imine (C=N–C) groups is 1. The molecule has 2 N–H and O–H groups in total. The third kappa shape index (κ3) is 7.00. The highest BCUT2D eigenvalue weighted by Crippen LogP contribution is 2.27. The molecule has 0 radical (unpaired) electrons. The molecule has 8 heteroatoms. The minimum absolute atomic E-state index is 0. The highest BCUT2D eigenvalue weighted by Gasteiger charge is 2.24. The van der Waals surface area contributed by atoms with Crippen LogP contribution in [0.25, 0.3) is 0 Å². The number of thioether (sulfide) groups is 1. The first-order valence-corrected chi connectivity index (χ1v) is 13.0. The average molecular weight is 572 g/mol. The quantitative estimate of drug-likeness (QED) is 0.293. The molecular formula is C23H34IN5S2. The van der Waals surface area contributed by atoms with Crippen LogP contribution < -0.4 is 15.5 Å². The smallest absolute Gasteiger partial charge is 0.191 e. The number of thiophene rings is 1. The third-order valence-corrected chi connectivity index (χ3v) is 7.83. The van der Waals surface area contributed by atoms with Crippen molar-refractivity contribution >= 4 is 58.7 Å². The van der Waals surface area contributed by atoms with Crippen molar-refractivity contribution in [3.8, 4) is 0 Å². The van der Waals surface area contributed by atoms with Crippen LogP contribution in [0.3, 0.4) is 0 Å². The first-order valence-electron chi connectivity index (χ1n) is 11.0. The summed E-state index contributed by atoms with van der Waals surface area (Å²) < 4.78 is 0. The van der Waals surface area contributed by atoms with Crippen LogP contribution >= 0.6 is 47.1 Å². The maximum atomic E-state index is 4.44. The Hall–Kier alpha value is -0.970.